The molecule has 3 heteroatoms. The zero-order valence-corrected chi connectivity index (χ0v) is 10.8. The maximum atomic E-state index is 5.83. The average molecular weight is 235 g/mol. The van der Waals surface area contributed by atoms with Gasteiger partial charge in [-0.2, -0.15) is 0 Å². The predicted molar refractivity (Wildman–Crippen MR) is 68.7 cm³/mol. The van der Waals surface area contributed by atoms with Crippen molar-refractivity contribution in [2.45, 2.75) is 39.3 Å². The van der Waals surface area contributed by atoms with Gasteiger partial charge < -0.3 is 14.8 Å². The maximum absolute atomic E-state index is 5.83. The summed E-state index contributed by atoms with van der Waals surface area (Å²) in [5.41, 5.74) is 1.22. The van der Waals surface area contributed by atoms with Crippen LogP contribution < -0.4 is 14.8 Å². The van der Waals surface area contributed by atoms with Crippen LogP contribution in [-0.2, 0) is 0 Å². The van der Waals surface area contributed by atoms with Gasteiger partial charge in [0.05, 0.1) is 12.6 Å². The molecule has 0 fully saturated rings. The van der Waals surface area contributed by atoms with Crippen LogP contribution in [0.15, 0.2) is 18.2 Å². The molecule has 0 bridgehead atoms. The van der Waals surface area contributed by atoms with Crippen molar-refractivity contribution in [3.05, 3.63) is 23.8 Å². The summed E-state index contributed by atoms with van der Waals surface area (Å²) < 4.78 is 11.4. The second-order valence-electron chi connectivity index (χ2n) is 4.39. The minimum absolute atomic E-state index is 0.188. The van der Waals surface area contributed by atoms with E-state index in [2.05, 4.69) is 25.2 Å². The fourth-order valence-electron chi connectivity index (χ4n) is 2.23. The van der Waals surface area contributed by atoms with Crippen molar-refractivity contribution < 1.29 is 9.47 Å². The van der Waals surface area contributed by atoms with Crippen LogP contribution >= 0.6 is 0 Å². The summed E-state index contributed by atoms with van der Waals surface area (Å²) in [4.78, 5) is 0. The summed E-state index contributed by atoms with van der Waals surface area (Å²) in [5, 5.41) is 3.53. The highest BCUT2D eigenvalue weighted by Crippen LogP contribution is 2.38. The topological polar surface area (TPSA) is 30.5 Å². The molecule has 0 amide bonds. The highest BCUT2D eigenvalue weighted by Gasteiger charge is 2.30. The standard InChI is InChI=1S/C14H21NO2/c1-4-8-15-14-10(3)17-13-7-6-11(16-5-2)9-12(13)14/h6-7,9-10,14-15H,4-5,8H2,1-3H3. The number of fused-ring (bicyclic) bond motifs is 1. The molecule has 1 N–H and O–H groups in total. The number of rotatable bonds is 5. The van der Waals surface area contributed by atoms with Crippen molar-refractivity contribution in [2.75, 3.05) is 13.2 Å². The Labute approximate surface area is 103 Å². The summed E-state index contributed by atoms with van der Waals surface area (Å²) in [6.45, 7) is 7.98. The van der Waals surface area contributed by atoms with Crippen molar-refractivity contribution in [3.63, 3.8) is 0 Å². The van der Waals surface area contributed by atoms with Gasteiger partial charge in [0.15, 0.2) is 0 Å². The second kappa shape index (κ2) is 5.41. The Balaban J connectivity index is 2.19. The Hall–Kier alpha value is -1.22. The first-order valence-corrected chi connectivity index (χ1v) is 6.43. The van der Waals surface area contributed by atoms with Gasteiger partial charge in [0, 0.05) is 5.56 Å². The summed E-state index contributed by atoms with van der Waals surface area (Å²) >= 11 is 0. The predicted octanol–water partition coefficient (Wildman–Crippen LogP) is 2.91. The van der Waals surface area contributed by atoms with E-state index < -0.39 is 0 Å². The van der Waals surface area contributed by atoms with E-state index in [0.717, 1.165) is 24.5 Å². The number of nitrogens with one attached hydrogen (secondary N) is 1. The Bertz CT molecular complexity index is 378. The molecule has 1 aliphatic heterocycles. The van der Waals surface area contributed by atoms with Crippen LogP contribution in [0, 0.1) is 0 Å². The summed E-state index contributed by atoms with van der Waals surface area (Å²) in [5.74, 6) is 1.90. The highest BCUT2D eigenvalue weighted by atomic mass is 16.5. The molecule has 2 unspecified atom stereocenters. The third-order valence-corrected chi connectivity index (χ3v) is 3.02. The number of hydrogen-bond donors (Lipinski definition) is 1. The normalized spacial score (nSPS) is 22.1. The lowest BCUT2D eigenvalue weighted by Crippen LogP contribution is -2.29. The molecular weight excluding hydrogens is 214 g/mol. The van der Waals surface area contributed by atoms with Gasteiger partial charge in [-0.15, -0.1) is 0 Å². The van der Waals surface area contributed by atoms with Gasteiger partial charge in [0.1, 0.15) is 17.6 Å². The lowest BCUT2D eigenvalue weighted by molar-refractivity contribution is 0.210. The smallest absolute Gasteiger partial charge is 0.125 e. The average Bonchev–Trinajstić information content (AvgIpc) is 2.63. The SMILES string of the molecule is CCCNC1c2cc(OCC)ccc2OC1C. The number of benzene rings is 1. The van der Waals surface area contributed by atoms with Crippen molar-refractivity contribution in [1.82, 2.24) is 5.32 Å². The molecule has 17 heavy (non-hydrogen) atoms. The molecule has 1 aliphatic rings. The van der Waals surface area contributed by atoms with Crippen LogP contribution in [0.4, 0.5) is 0 Å². The minimum Gasteiger partial charge on any atom is -0.494 e. The number of ether oxygens (including phenoxy) is 2. The van der Waals surface area contributed by atoms with Crippen molar-refractivity contribution in [1.29, 1.82) is 0 Å². The van der Waals surface area contributed by atoms with E-state index in [1.165, 1.54) is 5.56 Å². The zero-order chi connectivity index (χ0) is 12.3. The van der Waals surface area contributed by atoms with Gasteiger partial charge in [-0.25, -0.2) is 0 Å². The Morgan fingerprint density at radius 3 is 2.88 bits per heavy atom. The van der Waals surface area contributed by atoms with E-state index in [1.54, 1.807) is 0 Å². The van der Waals surface area contributed by atoms with Gasteiger partial charge in [0.25, 0.3) is 0 Å². The Morgan fingerprint density at radius 1 is 1.35 bits per heavy atom. The largest absolute Gasteiger partial charge is 0.494 e. The first-order chi connectivity index (χ1) is 8.26. The molecule has 0 aromatic heterocycles. The van der Waals surface area contributed by atoms with E-state index in [1.807, 2.05) is 19.1 Å². The fourth-order valence-corrected chi connectivity index (χ4v) is 2.23. The molecule has 0 aliphatic carbocycles. The molecule has 2 atom stereocenters. The van der Waals surface area contributed by atoms with Crippen molar-refractivity contribution in [3.8, 4) is 11.5 Å². The molecule has 0 saturated heterocycles. The monoisotopic (exact) mass is 235 g/mol. The Morgan fingerprint density at radius 2 is 2.18 bits per heavy atom. The van der Waals surface area contributed by atoms with Crippen molar-refractivity contribution >= 4 is 0 Å². The third kappa shape index (κ3) is 2.55. The quantitative estimate of drug-likeness (QED) is 0.851. The molecule has 1 aromatic rings. The molecule has 0 saturated carbocycles. The molecule has 2 rings (SSSR count). The van der Waals surface area contributed by atoms with Gasteiger partial charge >= 0.3 is 0 Å². The first kappa shape index (κ1) is 12.2. The van der Waals surface area contributed by atoms with Gasteiger partial charge in [-0.05, 0) is 45.0 Å². The van der Waals surface area contributed by atoms with E-state index >= 15 is 0 Å². The Kier molecular flexibility index (Phi) is 3.89. The summed E-state index contributed by atoms with van der Waals surface area (Å²) in [6.07, 6.45) is 1.32. The second-order valence-corrected chi connectivity index (χ2v) is 4.39. The molecule has 1 heterocycles. The number of hydrogen-bond acceptors (Lipinski definition) is 3. The summed E-state index contributed by atoms with van der Waals surface area (Å²) in [6, 6.07) is 6.35. The highest BCUT2D eigenvalue weighted by molar-refractivity contribution is 5.45. The van der Waals surface area contributed by atoms with E-state index in [4.69, 9.17) is 9.47 Å². The van der Waals surface area contributed by atoms with E-state index in [-0.39, 0.29) is 12.1 Å². The van der Waals surface area contributed by atoms with Crippen LogP contribution in [0.1, 0.15) is 38.8 Å². The lowest BCUT2D eigenvalue weighted by Gasteiger charge is -2.16. The summed E-state index contributed by atoms with van der Waals surface area (Å²) in [7, 11) is 0. The molecule has 0 spiro atoms. The molecule has 3 nitrogen and oxygen atoms in total. The van der Waals surface area contributed by atoms with Crippen LogP contribution in [0.3, 0.4) is 0 Å². The van der Waals surface area contributed by atoms with E-state index in [9.17, 15) is 0 Å². The third-order valence-electron chi connectivity index (χ3n) is 3.02. The van der Waals surface area contributed by atoms with Crippen LogP contribution in [0.25, 0.3) is 0 Å². The zero-order valence-electron chi connectivity index (χ0n) is 10.8. The van der Waals surface area contributed by atoms with E-state index in [0.29, 0.717) is 6.61 Å². The first-order valence-electron chi connectivity index (χ1n) is 6.43. The molecule has 0 radical (unpaired) electrons. The lowest BCUT2D eigenvalue weighted by atomic mass is 10.0. The maximum Gasteiger partial charge on any atom is 0.125 e. The van der Waals surface area contributed by atoms with Crippen LogP contribution in [0.2, 0.25) is 0 Å². The van der Waals surface area contributed by atoms with Gasteiger partial charge in [-0.1, -0.05) is 6.92 Å². The molecule has 1 aromatic carbocycles. The van der Waals surface area contributed by atoms with Crippen LogP contribution in [0.5, 0.6) is 11.5 Å². The van der Waals surface area contributed by atoms with Gasteiger partial charge in [-0.3, -0.25) is 0 Å². The molecular formula is C14H21NO2. The van der Waals surface area contributed by atoms with Crippen molar-refractivity contribution in [2.24, 2.45) is 0 Å². The molecule has 94 valence electrons. The minimum atomic E-state index is 0.188. The van der Waals surface area contributed by atoms with Crippen LogP contribution in [-0.4, -0.2) is 19.3 Å². The fraction of sp³-hybridized carbons (Fsp3) is 0.571. The van der Waals surface area contributed by atoms with Gasteiger partial charge in [0.2, 0.25) is 0 Å².